The first-order valence-electron chi connectivity index (χ1n) is 5.23. The van der Waals surface area contributed by atoms with Crippen LogP contribution < -0.4 is 5.32 Å². The summed E-state index contributed by atoms with van der Waals surface area (Å²) in [6, 6.07) is 4.53. The lowest BCUT2D eigenvalue weighted by Crippen LogP contribution is -1.98. The Labute approximate surface area is 108 Å². The molecule has 0 amide bonds. The first-order chi connectivity index (χ1) is 8.20. The van der Waals surface area contributed by atoms with E-state index in [1.54, 1.807) is 12.1 Å². The SMILES string of the molecule is CCCNc1nnc(-c2ccc(Cl)cc2F)s1. The fourth-order valence-electron chi connectivity index (χ4n) is 1.30. The van der Waals surface area contributed by atoms with E-state index in [-0.39, 0.29) is 5.82 Å². The van der Waals surface area contributed by atoms with Gasteiger partial charge in [-0.2, -0.15) is 0 Å². The van der Waals surface area contributed by atoms with Crippen LogP contribution >= 0.6 is 22.9 Å². The molecule has 0 bridgehead atoms. The summed E-state index contributed by atoms with van der Waals surface area (Å²) in [7, 11) is 0. The predicted octanol–water partition coefficient (Wildman–Crippen LogP) is 3.82. The second-order valence-corrected chi connectivity index (χ2v) is 4.88. The summed E-state index contributed by atoms with van der Waals surface area (Å²) >= 11 is 7.02. The molecule has 0 unspecified atom stereocenters. The van der Waals surface area contributed by atoms with Crippen LogP contribution in [-0.2, 0) is 0 Å². The summed E-state index contributed by atoms with van der Waals surface area (Å²) in [5, 5.41) is 12.6. The average Bonchev–Trinajstić information content (AvgIpc) is 2.75. The molecule has 1 N–H and O–H groups in total. The molecule has 90 valence electrons. The van der Waals surface area contributed by atoms with Crippen LogP contribution in [-0.4, -0.2) is 16.7 Å². The molecule has 1 heterocycles. The van der Waals surface area contributed by atoms with E-state index in [1.165, 1.54) is 17.4 Å². The van der Waals surface area contributed by atoms with Crippen molar-refractivity contribution in [2.24, 2.45) is 0 Å². The van der Waals surface area contributed by atoms with E-state index in [4.69, 9.17) is 11.6 Å². The second-order valence-electron chi connectivity index (χ2n) is 3.46. The zero-order valence-corrected chi connectivity index (χ0v) is 10.8. The van der Waals surface area contributed by atoms with Gasteiger partial charge in [-0.15, -0.1) is 10.2 Å². The van der Waals surface area contributed by atoms with E-state index in [0.717, 1.165) is 13.0 Å². The topological polar surface area (TPSA) is 37.8 Å². The number of aromatic nitrogens is 2. The van der Waals surface area contributed by atoms with Crippen molar-refractivity contribution in [1.29, 1.82) is 0 Å². The van der Waals surface area contributed by atoms with Crippen molar-refractivity contribution in [2.45, 2.75) is 13.3 Å². The molecule has 0 aliphatic rings. The van der Waals surface area contributed by atoms with Gasteiger partial charge >= 0.3 is 0 Å². The fourth-order valence-corrected chi connectivity index (χ4v) is 2.25. The Morgan fingerprint density at radius 2 is 2.24 bits per heavy atom. The molecule has 2 aromatic rings. The number of anilines is 1. The second kappa shape index (κ2) is 5.42. The molecule has 0 atom stereocenters. The first-order valence-corrected chi connectivity index (χ1v) is 6.43. The summed E-state index contributed by atoms with van der Waals surface area (Å²) in [6.45, 7) is 2.89. The number of nitrogens with one attached hydrogen (secondary N) is 1. The third-order valence-corrected chi connectivity index (χ3v) is 3.26. The van der Waals surface area contributed by atoms with Crippen LogP contribution in [0.25, 0.3) is 10.6 Å². The van der Waals surface area contributed by atoms with Crippen LogP contribution in [0.1, 0.15) is 13.3 Å². The molecule has 0 aliphatic carbocycles. The van der Waals surface area contributed by atoms with Gasteiger partial charge in [0.15, 0.2) is 5.01 Å². The van der Waals surface area contributed by atoms with E-state index >= 15 is 0 Å². The molecule has 0 fully saturated rings. The minimum atomic E-state index is -0.379. The van der Waals surface area contributed by atoms with Gasteiger partial charge in [0.05, 0.1) is 0 Å². The van der Waals surface area contributed by atoms with Crippen LogP contribution in [0.5, 0.6) is 0 Å². The largest absolute Gasteiger partial charge is 0.360 e. The van der Waals surface area contributed by atoms with Gasteiger partial charge in [0.2, 0.25) is 5.13 Å². The molecule has 0 spiro atoms. The molecule has 2 rings (SSSR count). The monoisotopic (exact) mass is 271 g/mol. The highest BCUT2D eigenvalue weighted by molar-refractivity contribution is 7.18. The Morgan fingerprint density at radius 1 is 1.41 bits per heavy atom. The Morgan fingerprint density at radius 3 is 2.94 bits per heavy atom. The zero-order valence-electron chi connectivity index (χ0n) is 9.20. The van der Waals surface area contributed by atoms with Crippen molar-refractivity contribution in [2.75, 3.05) is 11.9 Å². The normalized spacial score (nSPS) is 10.5. The number of rotatable bonds is 4. The van der Waals surface area contributed by atoms with Gasteiger partial charge in [-0.3, -0.25) is 0 Å². The van der Waals surface area contributed by atoms with E-state index in [9.17, 15) is 4.39 Å². The van der Waals surface area contributed by atoms with Crippen LogP contribution in [0.15, 0.2) is 18.2 Å². The number of nitrogens with zero attached hydrogens (tertiary/aromatic N) is 2. The quantitative estimate of drug-likeness (QED) is 0.919. The Balaban J connectivity index is 2.24. The van der Waals surface area contributed by atoms with Crippen molar-refractivity contribution in [3.63, 3.8) is 0 Å². The van der Waals surface area contributed by atoms with E-state index in [2.05, 4.69) is 22.4 Å². The highest BCUT2D eigenvalue weighted by Gasteiger charge is 2.11. The van der Waals surface area contributed by atoms with E-state index in [0.29, 0.717) is 20.7 Å². The first kappa shape index (κ1) is 12.3. The van der Waals surface area contributed by atoms with Gasteiger partial charge in [-0.1, -0.05) is 29.9 Å². The van der Waals surface area contributed by atoms with Crippen molar-refractivity contribution in [1.82, 2.24) is 10.2 Å². The molecule has 1 aromatic heterocycles. The molecule has 0 saturated heterocycles. The van der Waals surface area contributed by atoms with Crippen molar-refractivity contribution in [3.05, 3.63) is 29.0 Å². The van der Waals surface area contributed by atoms with Gasteiger partial charge in [0.25, 0.3) is 0 Å². The molecule has 1 aromatic carbocycles. The zero-order chi connectivity index (χ0) is 12.3. The molecular formula is C11H11ClFN3S. The lowest BCUT2D eigenvalue weighted by molar-refractivity contribution is 0.631. The Hall–Kier alpha value is -1.20. The minimum Gasteiger partial charge on any atom is -0.360 e. The summed E-state index contributed by atoms with van der Waals surface area (Å²) in [6.07, 6.45) is 1.00. The molecule has 0 radical (unpaired) electrons. The third kappa shape index (κ3) is 2.92. The number of hydrogen-bond donors (Lipinski definition) is 1. The van der Waals surface area contributed by atoms with Gasteiger partial charge < -0.3 is 5.32 Å². The lowest BCUT2D eigenvalue weighted by atomic mass is 10.2. The maximum absolute atomic E-state index is 13.6. The maximum Gasteiger partial charge on any atom is 0.206 e. The third-order valence-electron chi connectivity index (χ3n) is 2.11. The number of hydrogen-bond acceptors (Lipinski definition) is 4. The highest BCUT2D eigenvalue weighted by atomic mass is 35.5. The molecule has 6 heteroatoms. The maximum atomic E-state index is 13.6. The van der Waals surface area contributed by atoms with Crippen LogP contribution in [0, 0.1) is 5.82 Å². The molecule has 17 heavy (non-hydrogen) atoms. The molecular weight excluding hydrogens is 261 g/mol. The average molecular weight is 272 g/mol. The number of halogens is 2. The van der Waals surface area contributed by atoms with Crippen LogP contribution in [0.2, 0.25) is 5.02 Å². The summed E-state index contributed by atoms with van der Waals surface area (Å²) in [5.41, 5.74) is 0.427. The van der Waals surface area contributed by atoms with Gasteiger partial charge in [-0.25, -0.2) is 4.39 Å². The van der Waals surface area contributed by atoms with Crippen molar-refractivity contribution < 1.29 is 4.39 Å². The van der Waals surface area contributed by atoms with Gasteiger partial charge in [0, 0.05) is 17.1 Å². The smallest absolute Gasteiger partial charge is 0.206 e. The van der Waals surface area contributed by atoms with Crippen LogP contribution in [0.4, 0.5) is 9.52 Å². The Kier molecular flexibility index (Phi) is 3.91. The van der Waals surface area contributed by atoms with Crippen molar-refractivity contribution >= 4 is 28.1 Å². The molecule has 3 nitrogen and oxygen atoms in total. The predicted molar refractivity (Wildman–Crippen MR) is 69.1 cm³/mol. The van der Waals surface area contributed by atoms with Gasteiger partial charge in [-0.05, 0) is 24.6 Å². The minimum absolute atomic E-state index is 0.375. The lowest BCUT2D eigenvalue weighted by Gasteiger charge is -1.98. The van der Waals surface area contributed by atoms with Crippen molar-refractivity contribution in [3.8, 4) is 10.6 Å². The summed E-state index contributed by atoms with van der Waals surface area (Å²) in [5.74, 6) is -0.379. The van der Waals surface area contributed by atoms with E-state index in [1.807, 2.05) is 0 Å². The summed E-state index contributed by atoms with van der Waals surface area (Å²) in [4.78, 5) is 0. The highest BCUT2D eigenvalue weighted by Crippen LogP contribution is 2.29. The fraction of sp³-hybridized carbons (Fsp3) is 0.273. The molecule has 0 saturated carbocycles. The Bertz CT molecular complexity index is 515. The van der Waals surface area contributed by atoms with Gasteiger partial charge in [0.1, 0.15) is 5.82 Å². The van der Waals surface area contributed by atoms with E-state index < -0.39 is 0 Å². The van der Waals surface area contributed by atoms with Crippen LogP contribution in [0.3, 0.4) is 0 Å². The molecule has 0 aliphatic heterocycles. The summed E-state index contributed by atoms with van der Waals surface area (Å²) < 4.78 is 13.6. The standard InChI is InChI=1S/C11H11ClFN3S/c1-2-5-14-11-16-15-10(17-11)8-4-3-7(12)6-9(8)13/h3-4,6H,2,5H2,1H3,(H,14,16). The number of benzene rings is 1.